The molecule has 3 heterocycles. The molecular weight excluding hydrogens is 477 g/mol. The summed E-state index contributed by atoms with van der Waals surface area (Å²) >= 11 is 0. The van der Waals surface area contributed by atoms with E-state index < -0.39 is 21.1 Å². The summed E-state index contributed by atoms with van der Waals surface area (Å²) in [6.45, 7) is 1.49. The molecule has 35 heavy (non-hydrogen) atoms. The van der Waals surface area contributed by atoms with Crippen molar-refractivity contribution in [1.29, 1.82) is 0 Å². The highest BCUT2D eigenvalue weighted by molar-refractivity contribution is 7.93. The molecule has 3 aromatic heterocycles. The fourth-order valence-electron chi connectivity index (χ4n) is 3.25. The van der Waals surface area contributed by atoms with Crippen molar-refractivity contribution in [1.82, 2.24) is 29.7 Å². The second kappa shape index (κ2) is 10.0. The Hall–Kier alpha value is -4.13. The molecule has 182 valence electrons. The van der Waals surface area contributed by atoms with Gasteiger partial charge in [0.05, 0.1) is 37.6 Å². The first kappa shape index (κ1) is 24.0. The monoisotopic (exact) mass is 499 g/mol. The van der Waals surface area contributed by atoms with Crippen LogP contribution in [0.3, 0.4) is 0 Å². The Morgan fingerprint density at radius 1 is 1.03 bits per heavy atom. The fourth-order valence-corrected chi connectivity index (χ4v) is 4.21. The summed E-state index contributed by atoms with van der Waals surface area (Å²) < 4.78 is 54.1. The number of anilines is 1. The maximum Gasteiger partial charge on any atom is 0.243 e. The van der Waals surface area contributed by atoms with Gasteiger partial charge in [0, 0.05) is 12.5 Å². The molecule has 13 heteroatoms. The van der Waals surface area contributed by atoms with Crippen molar-refractivity contribution in [3.05, 3.63) is 66.5 Å². The summed E-state index contributed by atoms with van der Waals surface area (Å²) in [6, 6.07) is 12.1. The van der Waals surface area contributed by atoms with E-state index in [0.29, 0.717) is 23.0 Å². The molecule has 0 bridgehead atoms. The highest BCUT2D eigenvalue weighted by atomic mass is 32.2. The average Bonchev–Trinajstić information content (AvgIpc) is 3.27. The number of ether oxygens (including phenoxy) is 2. The minimum Gasteiger partial charge on any atom is -0.495 e. The van der Waals surface area contributed by atoms with E-state index in [-0.39, 0.29) is 24.0 Å². The third-order valence-corrected chi connectivity index (χ3v) is 6.75. The van der Waals surface area contributed by atoms with Gasteiger partial charge in [-0.1, -0.05) is 18.2 Å². The van der Waals surface area contributed by atoms with Crippen LogP contribution >= 0.6 is 0 Å². The van der Waals surface area contributed by atoms with Crippen molar-refractivity contribution in [3.63, 3.8) is 0 Å². The molecule has 4 rings (SSSR count). The van der Waals surface area contributed by atoms with E-state index in [4.69, 9.17) is 9.47 Å². The lowest BCUT2D eigenvalue weighted by Crippen LogP contribution is -2.29. The molecule has 0 amide bonds. The lowest BCUT2D eigenvalue weighted by molar-refractivity contribution is 0.398. The van der Waals surface area contributed by atoms with Crippen LogP contribution in [0.2, 0.25) is 0 Å². The van der Waals surface area contributed by atoms with Crippen LogP contribution in [-0.4, -0.2) is 57.6 Å². The van der Waals surface area contributed by atoms with Gasteiger partial charge in [0.15, 0.2) is 11.6 Å². The number of hydrogen-bond acceptors (Lipinski definition) is 9. The molecule has 4 aromatic rings. The van der Waals surface area contributed by atoms with Crippen molar-refractivity contribution in [2.75, 3.05) is 18.9 Å². The zero-order valence-electron chi connectivity index (χ0n) is 19.1. The van der Waals surface area contributed by atoms with E-state index in [2.05, 4.69) is 29.9 Å². The number of rotatable bonds is 9. The first-order chi connectivity index (χ1) is 16.8. The minimum atomic E-state index is -3.99. The predicted molar refractivity (Wildman–Crippen MR) is 125 cm³/mol. The molecule has 1 N–H and O–H groups in total. The maximum absolute atomic E-state index is 13.2. The maximum atomic E-state index is 13.2. The van der Waals surface area contributed by atoms with Crippen LogP contribution in [-0.2, 0) is 16.4 Å². The van der Waals surface area contributed by atoms with Crippen molar-refractivity contribution in [2.24, 2.45) is 0 Å². The first-order valence-corrected chi connectivity index (χ1v) is 11.9. The zero-order chi connectivity index (χ0) is 25.0. The fraction of sp³-hybridized carbons (Fsp3) is 0.227. The van der Waals surface area contributed by atoms with E-state index in [1.807, 2.05) is 0 Å². The second-order valence-corrected chi connectivity index (χ2v) is 9.50. The molecule has 0 aliphatic heterocycles. The Morgan fingerprint density at radius 3 is 2.49 bits per heavy atom. The lowest BCUT2D eigenvalue weighted by Gasteiger charge is -2.17. The molecule has 0 saturated heterocycles. The molecule has 0 aliphatic carbocycles. The SMILES string of the molecule is COc1cccc(-c2nnc(NS(=O)(=O)C(C)Cc3ncc(F)cn3)n2-c2ccccc2OC)n1. The van der Waals surface area contributed by atoms with Gasteiger partial charge in [-0.05, 0) is 25.1 Å². The number of halogens is 1. The minimum absolute atomic E-state index is 0.0390. The van der Waals surface area contributed by atoms with Gasteiger partial charge in [-0.25, -0.2) is 27.8 Å². The number of para-hydroxylation sites is 2. The predicted octanol–water partition coefficient (Wildman–Crippen LogP) is 2.65. The summed E-state index contributed by atoms with van der Waals surface area (Å²) in [4.78, 5) is 12.1. The Bertz CT molecular complexity index is 1430. The molecule has 0 saturated carbocycles. The quantitative estimate of drug-likeness (QED) is 0.369. The van der Waals surface area contributed by atoms with Crippen LogP contribution in [0.5, 0.6) is 11.6 Å². The largest absolute Gasteiger partial charge is 0.495 e. The van der Waals surface area contributed by atoms with Gasteiger partial charge in [0.25, 0.3) is 0 Å². The van der Waals surface area contributed by atoms with E-state index >= 15 is 0 Å². The molecular formula is C22H22FN7O4S. The lowest BCUT2D eigenvalue weighted by atomic mass is 10.2. The number of aromatic nitrogens is 6. The number of nitrogens with one attached hydrogen (secondary N) is 1. The van der Waals surface area contributed by atoms with Gasteiger partial charge in [-0.15, -0.1) is 10.2 Å². The van der Waals surface area contributed by atoms with Crippen LogP contribution < -0.4 is 14.2 Å². The van der Waals surface area contributed by atoms with Crippen molar-refractivity contribution in [2.45, 2.75) is 18.6 Å². The van der Waals surface area contributed by atoms with Crippen molar-refractivity contribution >= 4 is 16.0 Å². The Balaban J connectivity index is 1.75. The Labute approximate surface area is 201 Å². The topological polar surface area (TPSA) is 134 Å². The van der Waals surface area contributed by atoms with Crippen LogP contribution in [0.15, 0.2) is 54.9 Å². The standard InChI is InChI=1S/C22H22FN7O4S/c1-14(11-19-24-12-15(23)13-25-19)35(31,32)29-22-28-27-21(16-7-6-10-20(26-16)34-3)30(22)17-8-4-5-9-18(17)33-2/h4-10,12-14H,11H2,1-3H3,(H,28,29). The summed E-state index contributed by atoms with van der Waals surface area (Å²) in [5, 5.41) is 7.32. The van der Waals surface area contributed by atoms with Crippen LogP contribution in [0, 0.1) is 5.82 Å². The van der Waals surface area contributed by atoms with Crippen LogP contribution in [0.25, 0.3) is 17.2 Å². The highest BCUT2D eigenvalue weighted by Gasteiger charge is 2.27. The molecule has 1 unspecified atom stereocenters. The number of pyridine rings is 1. The molecule has 11 nitrogen and oxygen atoms in total. The first-order valence-electron chi connectivity index (χ1n) is 10.4. The van der Waals surface area contributed by atoms with E-state index in [1.165, 1.54) is 25.7 Å². The van der Waals surface area contributed by atoms with Gasteiger partial charge in [-0.2, -0.15) is 0 Å². The molecule has 0 radical (unpaired) electrons. The van der Waals surface area contributed by atoms with Crippen LogP contribution in [0.4, 0.5) is 10.3 Å². The van der Waals surface area contributed by atoms with E-state index in [9.17, 15) is 12.8 Å². The van der Waals surface area contributed by atoms with Crippen molar-refractivity contribution < 1.29 is 22.3 Å². The molecule has 0 spiro atoms. The average molecular weight is 500 g/mol. The summed E-state index contributed by atoms with van der Waals surface area (Å²) in [5.74, 6) is 0.598. The third kappa shape index (κ3) is 5.19. The van der Waals surface area contributed by atoms with Gasteiger partial charge in [0.2, 0.25) is 21.9 Å². The zero-order valence-corrected chi connectivity index (χ0v) is 19.9. The summed E-state index contributed by atoms with van der Waals surface area (Å²) in [5.41, 5.74) is 0.896. The molecule has 1 aromatic carbocycles. The smallest absolute Gasteiger partial charge is 0.243 e. The number of hydrogen-bond donors (Lipinski definition) is 1. The molecule has 0 fully saturated rings. The Morgan fingerprint density at radius 2 is 1.77 bits per heavy atom. The second-order valence-electron chi connectivity index (χ2n) is 7.40. The molecule has 0 aliphatic rings. The third-order valence-electron chi connectivity index (χ3n) is 5.06. The number of methoxy groups -OCH3 is 2. The van der Waals surface area contributed by atoms with Gasteiger partial charge in [-0.3, -0.25) is 9.29 Å². The van der Waals surface area contributed by atoms with Crippen molar-refractivity contribution in [3.8, 4) is 28.8 Å². The van der Waals surface area contributed by atoms with Gasteiger partial charge < -0.3 is 9.47 Å². The molecule has 1 atom stereocenters. The Kier molecular flexibility index (Phi) is 6.87. The summed E-state index contributed by atoms with van der Waals surface area (Å²) in [7, 11) is -0.996. The normalized spacial score (nSPS) is 12.2. The van der Waals surface area contributed by atoms with E-state index in [0.717, 1.165) is 12.4 Å². The van der Waals surface area contributed by atoms with Crippen LogP contribution in [0.1, 0.15) is 12.7 Å². The van der Waals surface area contributed by atoms with Gasteiger partial charge >= 0.3 is 0 Å². The summed E-state index contributed by atoms with van der Waals surface area (Å²) in [6.07, 6.45) is 1.93. The van der Waals surface area contributed by atoms with E-state index in [1.54, 1.807) is 42.5 Å². The number of benzene rings is 1. The number of nitrogens with zero attached hydrogens (tertiary/aromatic N) is 6. The highest BCUT2D eigenvalue weighted by Crippen LogP contribution is 2.31. The number of sulfonamides is 1. The van der Waals surface area contributed by atoms with Gasteiger partial charge in [0.1, 0.15) is 17.3 Å².